The molecule has 0 saturated heterocycles. The molecule has 1 aromatic heterocycles. The normalized spacial score (nSPS) is 11.1. The summed E-state index contributed by atoms with van der Waals surface area (Å²) in [4.78, 5) is 12.7. The van der Waals surface area contributed by atoms with Gasteiger partial charge in [0.15, 0.2) is 0 Å². The Bertz CT molecular complexity index is 1210. The Labute approximate surface area is 180 Å². The monoisotopic (exact) mass is 420 g/mol. The molecule has 0 spiro atoms. The van der Waals surface area contributed by atoms with E-state index in [2.05, 4.69) is 23.7 Å². The van der Waals surface area contributed by atoms with Crippen LogP contribution in [-0.2, 0) is 13.1 Å². The fraction of sp³-hybridized carbons (Fsp3) is 0.160. The van der Waals surface area contributed by atoms with Crippen LogP contribution in [-0.4, -0.2) is 10.5 Å². The van der Waals surface area contributed by atoms with E-state index in [0.29, 0.717) is 23.7 Å². The molecule has 3 nitrogen and oxygen atoms in total. The van der Waals surface area contributed by atoms with Gasteiger partial charge in [-0.1, -0.05) is 35.9 Å². The minimum atomic E-state index is -0.238. The molecule has 4 aromatic rings. The number of halogens is 2. The number of hydrogen-bond donors (Lipinski definition) is 1. The van der Waals surface area contributed by atoms with Crippen molar-refractivity contribution < 1.29 is 9.18 Å². The lowest BCUT2D eigenvalue weighted by Crippen LogP contribution is -2.22. The summed E-state index contributed by atoms with van der Waals surface area (Å²) < 4.78 is 15.4. The summed E-state index contributed by atoms with van der Waals surface area (Å²) in [6.45, 7) is 5.23. The van der Waals surface area contributed by atoms with Gasteiger partial charge in [0.2, 0.25) is 0 Å². The molecule has 0 bridgehead atoms. The van der Waals surface area contributed by atoms with Crippen molar-refractivity contribution in [2.24, 2.45) is 0 Å². The summed E-state index contributed by atoms with van der Waals surface area (Å²) in [6.07, 6.45) is 0. The molecule has 4 rings (SSSR count). The van der Waals surface area contributed by atoms with E-state index in [1.165, 1.54) is 12.1 Å². The van der Waals surface area contributed by atoms with Crippen molar-refractivity contribution in [1.82, 2.24) is 9.88 Å². The van der Waals surface area contributed by atoms with Gasteiger partial charge < -0.3 is 9.88 Å². The van der Waals surface area contributed by atoms with Gasteiger partial charge in [-0.3, -0.25) is 4.79 Å². The summed E-state index contributed by atoms with van der Waals surface area (Å²) in [5, 5.41) is 4.68. The third-order valence-corrected chi connectivity index (χ3v) is 5.77. The van der Waals surface area contributed by atoms with Crippen LogP contribution in [0.1, 0.15) is 32.7 Å². The molecule has 0 atom stereocenters. The molecule has 0 aliphatic carbocycles. The van der Waals surface area contributed by atoms with E-state index in [0.717, 1.165) is 33.3 Å². The van der Waals surface area contributed by atoms with Gasteiger partial charge in [0.05, 0.1) is 0 Å². The van der Waals surface area contributed by atoms with Gasteiger partial charge in [0.25, 0.3) is 5.91 Å². The Morgan fingerprint density at radius 3 is 2.33 bits per heavy atom. The minimum absolute atomic E-state index is 0.116. The highest BCUT2D eigenvalue weighted by atomic mass is 35.5. The lowest BCUT2D eigenvalue weighted by Gasteiger charge is -2.09. The number of aromatic nitrogens is 1. The molecule has 0 saturated carbocycles. The predicted octanol–water partition coefficient (Wildman–Crippen LogP) is 6.03. The fourth-order valence-corrected chi connectivity index (χ4v) is 3.78. The summed E-state index contributed by atoms with van der Waals surface area (Å²) in [5.74, 6) is -0.353. The van der Waals surface area contributed by atoms with Gasteiger partial charge in [-0.2, -0.15) is 0 Å². The van der Waals surface area contributed by atoms with Gasteiger partial charge >= 0.3 is 0 Å². The number of hydrogen-bond acceptors (Lipinski definition) is 1. The smallest absolute Gasteiger partial charge is 0.251 e. The number of amides is 1. The van der Waals surface area contributed by atoms with Crippen LogP contribution in [0.3, 0.4) is 0 Å². The van der Waals surface area contributed by atoms with Crippen molar-refractivity contribution >= 4 is 28.4 Å². The largest absolute Gasteiger partial charge is 0.348 e. The number of benzene rings is 3. The third kappa shape index (κ3) is 4.10. The Balaban J connectivity index is 1.57. The Morgan fingerprint density at radius 2 is 1.63 bits per heavy atom. The van der Waals surface area contributed by atoms with Crippen LogP contribution in [0, 0.1) is 19.7 Å². The predicted molar refractivity (Wildman–Crippen MR) is 120 cm³/mol. The second-order valence-corrected chi connectivity index (χ2v) is 7.90. The molecule has 0 aliphatic heterocycles. The Hall–Kier alpha value is -3.11. The second-order valence-electron chi connectivity index (χ2n) is 7.46. The van der Waals surface area contributed by atoms with Crippen molar-refractivity contribution in [2.45, 2.75) is 26.9 Å². The van der Waals surface area contributed by atoms with E-state index in [1.54, 1.807) is 12.1 Å². The highest BCUT2D eigenvalue weighted by Gasteiger charge is 2.14. The zero-order valence-corrected chi connectivity index (χ0v) is 17.6. The van der Waals surface area contributed by atoms with Crippen LogP contribution in [0.4, 0.5) is 4.39 Å². The number of carbonyl (C=O) groups is 1. The maximum Gasteiger partial charge on any atom is 0.251 e. The third-order valence-electron chi connectivity index (χ3n) is 5.52. The average molecular weight is 421 g/mol. The molecule has 1 amide bonds. The van der Waals surface area contributed by atoms with Crippen molar-refractivity contribution in [2.75, 3.05) is 0 Å². The summed E-state index contributed by atoms with van der Waals surface area (Å²) in [5.41, 5.74) is 5.97. The van der Waals surface area contributed by atoms with Crippen LogP contribution < -0.4 is 5.32 Å². The average Bonchev–Trinajstić information content (AvgIpc) is 2.99. The second kappa shape index (κ2) is 8.33. The zero-order valence-electron chi connectivity index (χ0n) is 16.9. The fourth-order valence-electron chi connectivity index (χ4n) is 3.65. The first-order valence-electron chi connectivity index (χ1n) is 9.79. The van der Waals surface area contributed by atoms with E-state index in [9.17, 15) is 9.18 Å². The van der Waals surface area contributed by atoms with Crippen LogP contribution in [0.25, 0.3) is 10.9 Å². The standard InChI is InChI=1S/C25H22ClFN2O/c1-16-17(2)29(15-19-5-10-22(27)11-6-19)24-12-7-20(13-23(16)24)25(30)28-14-18-3-8-21(26)9-4-18/h3-13H,14-15H2,1-2H3,(H,28,30). The Morgan fingerprint density at radius 1 is 0.967 bits per heavy atom. The van der Waals surface area contributed by atoms with Crippen molar-refractivity contribution in [1.29, 1.82) is 0 Å². The molecule has 1 heterocycles. The maximum absolute atomic E-state index is 13.2. The lowest BCUT2D eigenvalue weighted by atomic mass is 10.1. The van der Waals surface area contributed by atoms with Crippen molar-refractivity contribution in [3.8, 4) is 0 Å². The van der Waals surface area contributed by atoms with E-state index in [4.69, 9.17) is 11.6 Å². The van der Waals surface area contributed by atoms with Gasteiger partial charge in [0.1, 0.15) is 5.82 Å². The van der Waals surface area contributed by atoms with E-state index < -0.39 is 0 Å². The van der Waals surface area contributed by atoms with Crippen LogP contribution >= 0.6 is 11.6 Å². The first kappa shape index (κ1) is 20.2. The van der Waals surface area contributed by atoms with Gasteiger partial charge in [0, 0.05) is 40.3 Å². The van der Waals surface area contributed by atoms with Crippen LogP contribution in [0.15, 0.2) is 66.7 Å². The van der Waals surface area contributed by atoms with E-state index >= 15 is 0 Å². The first-order valence-corrected chi connectivity index (χ1v) is 10.2. The molecule has 0 fully saturated rings. The van der Waals surface area contributed by atoms with Crippen molar-refractivity contribution in [3.63, 3.8) is 0 Å². The number of nitrogens with one attached hydrogen (secondary N) is 1. The SMILES string of the molecule is Cc1c(C)n(Cc2ccc(F)cc2)c2ccc(C(=O)NCc3ccc(Cl)cc3)cc12. The number of fused-ring (bicyclic) bond motifs is 1. The number of carbonyl (C=O) groups excluding carboxylic acids is 1. The quantitative estimate of drug-likeness (QED) is 0.420. The van der Waals surface area contributed by atoms with Crippen LogP contribution in [0.5, 0.6) is 0 Å². The molecule has 3 aromatic carbocycles. The van der Waals surface area contributed by atoms with Crippen molar-refractivity contribution in [3.05, 3.63) is 106 Å². The molecule has 152 valence electrons. The molecule has 30 heavy (non-hydrogen) atoms. The zero-order chi connectivity index (χ0) is 21.3. The van der Waals surface area contributed by atoms with Crippen LogP contribution in [0.2, 0.25) is 5.02 Å². The van der Waals surface area contributed by atoms with E-state index in [1.807, 2.05) is 42.5 Å². The molecular weight excluding hydrogens is 399 g/mol. The number of aryl methyl sites for hydroxylation is 1. The maximum atomic E-state index is 13.2. The molecular formula is C25H22ClFN2O. The number of nitrogens with zero attached hydrogens (tertiary/aromatic N) is 1. The molecule has 0 unspecified atom stereocenters. The first-order chi connectivity index (χ1) is 14.4. The molecule has 5 heteroatoms. The minimum Gasteiger partial charge on any atom is -0.348 e. The molecule has 1 N–H and O–H groups in total. The number of rotatable bonds is 5. The lowest BCUT2D eigenvalue weighted by molar-refractivity contribution is 0.0951. The molecule has 0 aliphatic rings. The van der Waals surface area contributed by atoms with E-state index in [-0.39, 0.29) is 11.7 Å². The highest BCUT2D eigenvalue weighted by molar-refractivity contribution is 6.30. The topological polar surface area (TPSA) is 34.0 Å². The molecule has 0 radical (unpaired) electrons. The van der Waals surface area contributed by atoms with Gasteiger partial charge in [-0.15, -0.1) is 0 Å². The summed E-state index contributed by atoms with van der Waals surface area (Å²) in [6, 6.07) is 19.7. The summed E-state index contributed by atoms with van der Waals surface area (Å²) in [7, 11) is 0. The van der Waals surface area contributed by atoms with Gasteiger partial charge in [-0.05, 0) is 73.0 Å². The summed E-state index contributed by atoms with van der Waals surface area (Å²) >= 11 is 5.91. The highest BCUT2D eigenvalue weighted by Crippen LogP contribution is 2.27. The van der Waals surface area contributed by atoms with Gasteiger partial charge in [-0.25, -0.2) is 4.39 Å². The Kier molecular flexibility index (Phi) is 5.60.